The van der Waals surface area contributed by atoms with Crippen LogP contribution in [-0.4, -0.2) is 24.0 Å². The second-order valence-corrected chi connectivity index (χ2v) is 5.39. The van der Waals surface area contributed by atoms with E-state index in [0.29, 0.717) is 0 Å². The van der Waals surface area contributed by atoms with Crippen LogP contribution in [0.15, 0.2) is 36.5 Å². The van der Waals surface area contributed by atoms with Crippen molar-refractivity contribution in [3.8, 4) is 0 Å². The SMILES string of the molecule is CCC1(C(=O)Nc2cccc3ncccc23)CCNC1. The standard InChI is InChI=1S/C16H19N3O/c1-2-16(8-10-17-11-16)15(20)19-14-7-3-6-13-12(14)5-4-9-18-13/h3-7,9,17H,2,8,10-11H2,1H3,(H,19,20). The summed E-state index contributed by atoms with van der Waals surface area (Å²) in [6.45, 7) is 3.76. The van der Waals surface area contributed by atoms with Crippen LogP contribution in [0.5, 0.6) is 0 Å². The van der Waals surface area contributed by atoms with Gasteiger partial charge in [-0.25, -0.2) is 0 Å². The van der Waals surface area contributed by atoms with Crippen molar-refractivity contribution >= 4 is 22.5 Å². The summed E-state index contributed by atoms with van der Waals surface area (Å²) in [5.41, 5.74) is 1.48. The number of amides is 1. The van der Waals surface area contributed by atoms with Gasteiger partial charge in [0.15, 0.2) is 0 Å². The van der Waals surface area contributed by atoms with Crippen molar-refractivity contribution in [3.63, 3.8) is 0 Å². The van der Waals surface area contributed by atoms with Crippen molar-refractivity contribution in [1.29, 1.82) is 0 Å². The third kappa shape index (κ3) is 2.16. The third-order valence-corrected chi connectivity index (χ3v) is 4.30. The van der Waals surface area contributed by atoms with E-state index in [-0.39, 0.29) is 11.3 Å². The van der Waals surface area contributed by atoms with Crippen LogP contribution in [0.2, 0.25) is 0 Å². The number of aromatic nitrogens is 1. The van der Waals surface area contributed by atoms with Gasteiger partial charge in [0.25, 0.3) is 0 Å². The molecule has 2 heterocycles. The van der Waals surface area contributed by atoms with Crippen molar-refractivity contribution in [2.75, 3.05) is 18.4 Å². The highest BCUT2D eigenvalue weighted by Gasteiger charge is 2.39. The first kappa shape index (κ1) is 13.1. The number of nitrogens with zero attached hydrogens (tertiary/aromatic N) is 1. The molecule has 104 valence electrons. The highest BCUT2D eigenvalue weighted by atomic mass is 16.2. The highest BCUT2D eigenvalue weighted by molar-refractivity contribution is 6.03. The normalized spacial score (nSPS) is 22.1. The maximum Gasteiger partial charge on any atom is 0.231 e. The predicted molar refractivity (Wildman–Crippen MR) is 80.6 cm³/mol. The summed E-state index contributed by atoms with van der Waals surface area (Å²) in [5, 5.41) is 7.38. The van der Waals surface area contributed by atoms with E-state index in [9.17, 15) is 4.79 Å². The summed E-state index contributed by atoms with van der Waals surface area (Å²) >= 11 is 0. The molecule has 1 unspecified atom stereocenters. The quantitative estimate of drug-likeness (QED) is 0.900. The fourth-order valence-electron chi connectivity index (χ4n) is 2.87. The average molecular weight is 269 g/mol. The molecule has 1 aromatic heterocycles. The van der Waals surface area contributed by atoms with E-state index in [1.54, 1.807) is 6.20 Å². The Bertz CT molecular complexity index is 627. The largest absolute Gasteiger partial charge is 0.325 e. The fourth-order valence-corrected chi connectivity index (χ4v) is 2.87. The number of nitrogens with one attached hydrogen (secondary N) is 2. The van der Waals surface area contributed by atoms with Crippen LogP contribution < -0.4 is 10.6 Å². The molecular weight excluding hydrogens is 250 g/mol. The van der Waals surface area contributed by atoms with Crippen molar-refractivity contribution in [2.24, 2.45) is 5.41 Å². The molecule has 3 rings (SSSR count). The second kappa shape index (κ2) is 5.21. The Balaban J connectivity index is 1.91. The summed E-state index contributed by atoms with van der Waals surface area (Å²) < 4.78 is 0. The molecule has 0 aliphatic carbocycles. The summed E-state index contributed by atoms with van der Waals surface area (Å²) in [6, 6.07) is 9.70. The first-order valence-electron chi connectivity index (χ1n) is 7.11. The lowest BCUT2D eigenvalue weighted by Gasteiger charge is -2.25. The predicted octanol–water partition coefficient (Wildman–Crippen LogP) is 2.56. The number of benzene rings is 1. The molecule has 20 heavy (non-hydrogen) atoms. The molecule has 1 atom stereocenters. The molecule has 1 aliphatic rings. The Morgan fingerprint density at radius 1 is 1.40 bits per heavy atom. The Morgan fingerprint density at radius 3 is 3.05 bits per heavy atom. The van der Waals surface area contributed by atoms with E-state index < -0.39 is 0 Å². The zero-order chi connectivity index (χ0) is 14.0. The second-order valence-electron chi connectivity index (χ2n) is 5.39. The molecule has 1 aliphatic heterocycles. The van der Waals surface area contributed by atoms with Crippen LogP contribution in [0.3, 0.4) is 0 Å². The van der Waals surface area contributed by atoms with Gasteiger partial charge in [-0.15, -0.1) is 0 Å². The zero-order valence-electron chi connectivity index (χ0n) is 11.6. The van der Waals surface area contributed by atoms with Crippen molar-refractivity contribution in [1.82, 2.24) is 10.3 Å². The van der Waals surface area contributed by atoms with Gasteiger partial charge >= 0.3 is 0 Å². The summed E-state index contributed by atoms with van der Waals surface area (Å²) in [5.74, 6) is 0.112. The molecule has 4 heteroatoms. The van der Waals surface area contributed by atoms with E-state index in [1.165, 1.54) is 0 Å². The van der Waals surface area contributed by atoms with Crippen molar-refractivity contribution in [3.05, 3.63) is 36.5 Å². The Morgan fingerprint density at radius 2 is 2.30 bits per heavy atom. The van der Waals surface area contributed by atoms with E-state index >= 15 is 0 Å². The maximum absolute atomic E-state index is 12.6. The number of fused-ring (bicyclic) bond motifs is 1. The van der Waals surface area contributed by atoms with Crippen LogP contribution in [0, 0.1) is 5.41 Å². The molecule has 2 N–H and O–H groups in total. The molecule has 1 aromatic carbocycles. The van der Waals surface area contributed by atoms with Crippen LogP contribution in [0.4, 0.5) is 5.69 Å². The lowest BCUT2D eigenvalue weighted by Crippen LogP contribution is -2.37. The van der Waals surface area contributed by atoms with Gasteiger partial charge in [0.1, 0.15) is 0 Å². The van der Waals surface area contributed by atoms with Gasteiger partial charge < -0.3 is 10.6 Å². The molecule has 1 fully saturated rings. The van der Waals surface area contributed by atoms with Gasteiger partial charge in [-0.2, -0.15) is 0 Å². The number of rotatable bonds is 3. The minimum atomic E-state index is -0.273. The fraction of sp³-hybridized carbons (Fsp3) is 0.375. The Labute approximate surface area is 118 Å². The number of anilines is 1. The molecule has 4 nitrogen and oxygen atoms in total. The van der Waals surface area contributed by atoms with Gasteiger partial charge in [0.05, 0.1) is 16.6 Å². The smallest absolute Gasteiger partial charge is 0.231 e. The Kier molecular flexibility index (Phi) is 3.40. The average Bonchev–Trinajstić information content (AvgIpc) is 2.98. The zero-order valence-corrected chi connectivity index (χ0v) is 11.6. The van der Waals surface area contributed by atoms with E-state index in [4.69, 9.17) is 0 Å². The number of hydrogen-bond acceptors (Lipinski definition) is 3. The van der Waals surface area contributed by atoms with Gasteiger partial charge in [0.2, 0.25) is 5.91 Å². The maximum atomic E-state index is 12.6. The van der Waals surface area contributed by atoms with Gasteiger partial charge in [-0.1, -0.05) is 13.0 Å². The third-order valence-electron chi connectivity index (χ3n) is 4.30. The molecule has 1 saturated heterocycles. The molecule has 0 saturated carbocycles. The number of hydrogen-bond donors (Lipinski definition) is 2. The van der Waals surface area contributed by atoms with Crippen LogP contribution in [-0.2, 0) is 4.79 Å². The van der Waals surface area contributed by atoms with Gasteiger partial charge in [-0.3, -0.25) is 9.78 Å². The lowest BCUT2D eigenvalue weighted by molar-refractivity contribution is -0.124. The van der Waals surface area contributed by atoms with Crippen LogP contribution in [0.1, 0.15) is 19.8 Å². The minimum absolute atomic E-state index is 0.112. The van der Waals surface area contributed by atoms with Crippen LogP contribution >= 0.6 is 0 Å². The van der Waals surface area contributed by atoms with E-state index in [1.807, 2.05) is 30.3 Å². The summed E-state index contributed by atoms with van der Waals surface area (Å²) in [4.78, 5) is 17.0. The molecule has 0 spiro atoms. The molecular formula is C16H19N3O. The first-order valence-corrected chi connectivity index (χ1v) is 7.11. The van der Waals surface area contributed by atoms with Gasteiger partial charge in [0, 0.05) is 18.1 Å². The van der Waals surface area contributed by atoms with Gasteiger partial charge in [-0.05, 0) is 43.7 Å². The molecule has 2 aromatic rings. The van der Waals surface area contributed by atoms with Crippen molar-refractivity contribution < 1.29 is 4.79 Å². The monoisotopic (exact) mass is 269 g/mol. The lowest BCUT2D eigenvalue weighted by atomic mass is 9.83. The van der Waals surface area contributed by atoms with E-state index in [0.717, 1.165) is 42.5 Å². The number of pyridine rings is 1. The molecule has 1 amide bonds. The topological polar surface area (TPSA) is 54.0 Å². The van der Waals surface area contributed by atoms with E-state index in [2.05, 4.69) is 22.5 Å². The first-order chi connectivity index (χ1) is 9.75. The molecule has 0 radical (unpaired) electrons. The Hall–Kier alpha value is -1.94. The number of carbonyl (C=O) groups excluding carboxylic acids is 1. The highest BCUT2D eigenvalue weighted by Crippen LogP contribution is 2.32. The summed E-state index contributed by atoms with van der Waals surface area (Å²) in [6.07, 6.45) is 3.52. The van der Waals surface area contributed by atoms with Crippen LogP contribution in [0.25, 0.3) is 10.9 Å². The number of carbonyl (C=O) groups is 1. The minimum Gasteiger partial charge on any atom is -0.325 e. The molecule has 0 bridgehead atoms. The van der Waals surface area contributed by atoms with Crippen molar-refractivity contribution in [2.45, 2.75) is 19.8 Å². The summed E-state index contributed by atoms with van der Waals surface area (Å²) in [7, 11) is 0.